The Balaban J connectivity index is 0.715. The summed E-state index contributed by atoms with van der Waals surface area (Å²) in [4.78, 5) is 177. The number of nitrogens with one attached hydrogen (secondary N) is 4. The molecule has 522 valence electrons. The van der Waals surface area contributed by atoms with Crippen LogP contribution >= 0.6 is 0 Å². The molecule has 28 heteroatoms. The highest BCUT2D eigenvalue weighted by atomic mass is 16.6. The number of nitrogens with two attached hydrogens (primary N) is 1. The van der Waals surface area contributed by atoms with E-state index >= 15 is 0 Å². The van der Waals surface area contributed by atoms with Crippen LogP contribution in [0.2, 0.25) is 0 Å². The van der Waals surface area contributed by atoms with Gasteiger partial charge in [-0.3, -0.25) is 62.6 Å². The minimum atomic E-state index is -1.10. The topological polar surface area (TPSA) is 343 Å². The van der Waals surface area contributed by atoms with Crippen LogP contribution < -0.4 is 27.0 Å². The van der Waals surface area contributed by atoms with E-state index in [1.54, 1.807) is 117 Å². The molecule has 3 aliphatic rings. The van der Waals surface area contributed by atoms with Crippen molar-refractivity contribution in [2.75, 3.05) is 78.3 Å². The molecule has 0 bridgehead atoms. The number of unbranched alkanes of at least 4 members (excludes halogenated alkanes) is 2. The van der Waals surface area contributed by atoms with Crippen LogP contribution in [-0.4, -0.2) is 205 Å². The first-order valence-corrected chi connectivity index (χ1v) is 33.4. The van der Waals surface area contributed by atoms with Gasteiger partial charge in [0.25, 0.3) is 35.4 Å². The molecule has 6 N–H and O–H groups in total. The van der Waals surface area contributed by atoms with E-state index in [4.69, 9.17) is 10.5 Å². The van der Waals surface area contributed by atoms with E-state index in [0.717, 1.165) is 21.7 Å². The van der Waals surface area contributed by atoms with Crippen molar-refractivity contribution < 1.29 is 62.3 Å². The fourth-order valence-corrected chi connectivity index (χ4v) is 12.5. The average Bonchev–Trinajstić information content (AvgIpc) is 0.860. The van der Waals surface area contributed by atoms with Gasteiger partial charge in [0.15, 0.2) is 0 Å². The number of hydrogen-bond donors (Lipinski definition) is 5. The largest absolute Gasteiger partial charge is 0.445 e. The van der Waals surface area contributed by atoms with Gasteiger partial charge < -0.3 is 55.6 Å². The van der Waals surface area contributed by atoms with E-state index in [1.807, 2.05) is 45.3 Å². The molecule has 5 heterocycles. The highest BCUT2D eigenvalue weighted by Gasteiger charge is 2.36. The third-order valence-electron chi connectivity index (χ3n) is 18.0. The van der Waals surface area contributed by atoms with Gasteiger partial charge in [0.05, 0.1) is 24.0 Å². The molecule has 5 aromatic carbocycles. The van der Waals surface area contributed by atoms with E-state index in [-0.39, 0.29) is 114 Å². The first kappa shape index (κ1) is 71.4. The number of nitrogens with zero attached hydrogens (tertiary/aromatic N) is 10. The molecular weight excluding hydrogens is 1280 g/mol. The molecule has 100 heavy (non-hydrogen) atoms. The van der Waals surface area contributed by atoms with Crippen molar-refractivity contribution in [3.63, 3.8) is 0 Å². The van der Waals surface area contributed by atoms with Crippen LogP contribution in [0.5, 0.6) is 0 Å². The molecule has 0 fully saturated rings. The quantitative estimate of drug-likeness (QED) is 0.0230. The fraction of sp³-hybridized carbons (Fsp3) is 0.361. The van der Waals surface area contributed by atoms with Crippen LogP contribution in [0, 0.1) is 5.92 Å². The van der Waals surface area contributed by atoms with E-state index in [1.165, 1.54) is 33.9 Å². The Kier molecular flexibility index (Phi) is 23.4. The number of carbonyl (C=O) groups excluding carboxylic acids is 12. The van der Waals surface area contributed by atoms with Gasteiger partial charge in [0.2, 0.25) is 23.6 Å². The standard InChI is InChI=1S/C72H81N15O13/c1-46(2)64(79-58(88)18-6-5-7-36-85-60(90)28-29-61(85)91)66(93)78-55(17-10-30-76-71(73)98)65(92)77-48-22-20-47(21-23-48)43-100-72(99)81(4)34-11-19-59(89)82(40-42-87-68(95)52-16-9-14-50-57(84-38-32-75-45-84)27-25-54(63(50)52)70(87)97)35-12-33-80(3)39-41-86-67(94)51-15-8-13-49-56(83-37-31-74-44-83)26-24-53(62(49)51)69(86)96/h8-9,13-16,20-29,31-32,37-38,44-46,55,64H,5-7,10-12,17-19,30,33-36,39-43H2,1-4H3,(H,77,92)(H,78,93)(H,79,88)(H3,73,76,98)/t55-,64-/m0/s1. The van der Waals surface area contributed by atoms with Gasteiger partial charge in [-0.15, -0.1) is 0 Å². The molecule has 28 nitrogen and oxygen atoms in total. The van der Waals surface area contributed by atoms with Gasteiger partial charge >= 0.3 is 12.1 Å². The zero-order chi connectivity index (χ0) is 71.1. The number of imide groups is 3. The molecule has 3 aliphatic heterocycles. The number of hydrogen-bond acceptors (Lipinski definition) is 16. The summed E-state index contributed by atoms with van der Waals surface area (Å²) < 4.78 is 9.27. The van der Waals surface area contributed by atoms with Gasteiger partial charge in [-0.05, 0) is 112 Å². The molecule has 0 saturated carbocycles. The minimum absolute atomic E-state index is 0.00129. The summed E-state index contributed by atoms with van der Waals surface area (Å²) in [5.74, 6) is -4.74. The number of urea groups is 1. The summed E-state index contributed by atoms with van der Waals surface area (Å²) in [6.45, 7) is 4.85. The summed E-state index contributed by atoms with van der Waals surface area (Å²) in [7, 11) is 3.40. The Bertz CT molecular complexity index is 4220. The highest BCUT2D eigenvalue weighted by Crippen LogP contribution is 2.36. The number of anilines is 1. The van der Waals surface area contributed by atoms with Crippen molar-refractivity contribution in [1.82, 2.24) is 64.5 Å². The van der Waals surface area contributed by atoms with E-state index in [9.17, 15) is 57.5 Å². The smallest absolute Gasteiger partial charge is 0.409 e. The number of amides is 13. The fourth-order valence-electron chi connectivity index (χ4n) is 12.5. The first-order valence-electron chi connectivity index (χ1n) is 33.4. The Hall–Kier alpha value is -11.4. The van der Waals surface area contributed by atoms with Crippen molar-refractivity contribution in [3.8, 4) is 11.4 Å². The molecule has 0 spiro atoms. The highest BCUT2D eigenvalue weighted by molar-refractivity contribution is 6.27. The number of imidazole rings is 2. The molecule has 10 rings (SSSR count). The van der Waals surface area contributed by atoms with Gasteiger partial charge in [0.1, 0.15) is 18.7 Å². The molecule has 0 radical (unpaired) electrons. The lowest BCUT2D eigenvalue weighted by atomic mass is 9.93. The maximum Gasteiger partial charge on any atom is 0.409 e. The predicted octanol–water partition coefficient (Wildman–Crippen LogP) is 5.95. The minimum Gasteiger partial charge on any atom is -0.445 e. The number of rotatable bonds is 34. The van der Waals surface area contributed by atoms with Crippen LogP contribution in [0.25, 0.3) is 32.9 Å². The SMILES string of the molecule is CC(C)[C@H](NC(=O)CCCCCN1C(=O)C=CC1=O)C(=O)N[C@@H](CCCNC(N)=O)C(=O)Nc1ccc(COC(=O)N(C)CCCC(=O)N(CCCN(C)CCN2C(=O)c3cccc4c(-n5ccnc5)ccc(c34)C2=O)CCN2C(=O)c3cccc4c(-n5ccnc5)ccc(c34)C2=O)cc1. The maximum absolute atomic E-state index is 14.3. The van der Waals surface area contributed by atoms with Crippen molar-refractivity contribution in [1.29, 1.82) is 0 Å². The molecule has 7 aromatic rings. The molecule has 0 aliphatic carbocycles. The number of likely N-dealkylation sites (N-methyl/N-ethyl adjacent to an activating group) is 1. The van der Waals surface area contributed by atoms with Crippen molar-refractivity contribution in [2.45, 2.75) is 90.3 Å². The molecule has 13 amide bonds. The summed E-state index contributed by atoms with van der Waals surface area (Å²) in [6.07, 6.45) is 14.6. The summed E-state index contributed by atoms with van der Waals surface area (Å²) >= 11 is 0. The lowest BCUT2D eigenvalue weighted by Crippen LogP contribution is -2.54. The van der Waals surface area contributed by atoms with Crippen LogP contribution in [0.4, 0.5) is 15.3 Å². The molecule has 2 atom stereocenters. The van der Waals surface area contributed by atoms with Crippen LogP contribution in [0.1, 0.15) is 119 Å². The molecule has 0 saturated heterocycles. The Morgan fingerprint density at radius 1 is 0.570 bits per heavy atom. The maximum atomic E-state index is 14.3. The van der Waals surface area contributed by atoms with Crippen molar-refractivity contribution in [3.05, 3.63) is 162 Å². The van der Waals surface area contributed by atoms with Crippen LogP contribution in [-0.2, 0) is 40.1 Å². The van der Waals surface area contributed by atoms with Gasteiger partial charge in [-0.25, -0.2) is 19.6 Å². The Morgan fingerprint density at radius 2 is 1.15 bits per heavy atom. The summed E-state index contributed by atoms with van der Waals surface area (Å²) in [5, 5.41) is 13.4. The average molecular weight is 1360 g/mol. The van der Waals surface area contributed by atoms with Crippen molar-refractivity contribution >= 4 is 98.4 Å². The van der Waals surface area contributed by atoms with E-state index in [0.29, 0.717) is 88.4 Å². The zero-order valence-corrected chi connectivity index (χ0v) is 56.2. The van der Waals surface area contributed by atoms with Crippen molar-refractivity contribution in [2.24, 2.45) is 11.7 Å². The Labute approximate surface area is 576 Å². The second kappa shape index (κ2) is 32.8. The number of aromatic nitrogens is 4. The molecular formula is C72H81N15O13. The summed E-state index contributed by atoms with van der Waals surface area (Å²) in [5.41, 5.74) is 9.27. The van der Waals surface area contributed by atoms with Gasteiger partial charge in [-0.1, -0.05) is 56.7 Å². The third kappa shape index (κ3) is 16.9. The third-order valence-corrected chi connectivity index (χ3v) is 18.0. The summed E-state index contributed by atoms with van der Waals surface area (Å²) in [6, 6.07) is 21.4. The lowest BCUT2D eigenvalue weighted by molar-refractivity contribution is -0.137. The lowest BCUT2D eigenvalue weighted by Gasteiger charge is -2.31. The first-order chi connectivity index (χ1) is 48.2. The zero-order valence-electron chi connectivity index (χ0n) is 56.2. The van der Waals surface area contributed by atoms with Crippen LogP contribution in [0.15, 0.2) is 135 Å². The number of carbonyl (C=O) groups is 12. The van der Waals surface area contributed by atoms with Gasteiger partial charge in [-0.2, -0.15) is 0 Å². The number of ether oxygens (including phenoxy) is 1. The number of primary amides is 1. The van der Waals surface area contributed by atoms with E-state index in [2.05, 4.69) is 31.2 Å². The molecule has 2 aromatic heterocycles. The molecule has 0 unspecified atom stereocenters. The second-order valence-electron chi connectivity index (χ2n) is 25.2. The van der Waals surface area contributed by atoms with E-state index < -0.39 is 59.7 Å². The normalized spacial score (nSPS) is 14.0. The monoisotopic (exact) mass is 1360 g/mol. The number of benzene rings is 5. The second-order valence-corrected chi connectivity index (χ2v) is 25.2. The predicted molar refractivity (Wildman–Crippen MR) is 369 cm³/mol. The van der Waals surface area contributed by atoms with Gasteiger partial charge in [0, 0.05) is 159 Å². The van der Waals surface area contributed by atoms with Crippen LogP contribution in [0.3, 0.4) is 0 Å². The Morgan fingerprint density at radius 3 is 1.71 bits per heavy atom.